The van der Waals surface area contributed by atoms with Gasteiger partial charge in [-0.3, -0.25) is 0 Å². The molecule has 2 aromatic heterocycles. The molecular weight excluding hydrogens is 574 g/mol. The molecule has 4 nitrogen and oxygen atoms in total. The summed E-state index contributed by atoms with van der Waals surface area (Å²) in [6.07, 6.45) is 0. The van der Waals surface area contributed by atoms with Crippen LogP contribution in [-0.2, 0) is 0 Å². The van der Waals surface area contributed by atoms with Crippen LogP contribution in [0.3, 0.4) is 0 Å². The van der Waals surface area contributed by atoms with E-state index in [1.807, 2.05) is 54.6 Å². The Labute approximate surface area is 270 Å². The number of nitrogens with zero attached hydrogens (tertiary/aromatic N) is 3. The summed E-state index contributed by atoms with van der Waals surface area (Å²) in [5, 5.41) is 4.70. The smallest absolute Gasteiger partial charge is 0.164 e. The van der Waals surface area contributed by atoms with Crippen LogP contribution in [0.1, 0.15) is 0 Å². The Morgan fingerprint density at radius 3 is 1.77 bits per heavy atom. The van der Waals surface area contributed by atoms with Gasteiger partial charge in [0.2, 0.25) is 0 Å². The fourth-order valence-electron chi connectivity index (χ4n) is 7.11. The minimum absolute atomic E-state index is 0.600. The van der Waals surface area contributed by atoms with Gasteiger partial charge in [0.05, 0.1) is 0 Å². The molecule has 0 atom stereocenters. The van der Waals surface area contributed by atoms with E-state index in [-0.39, 0.29) is 0 Å². The first-order valence-electron chi connectivity index (χ1n) is 15.8. The molecular formula is C43H25N3O. The minimum atomic E-state index is 0.600. The largest absolute Gasteiger partial charge is 0.456 e. The zero-order valence-electron chi connectivity index (χ0n) is 25.2. The molecule has 1 aliphatic carbocycles. The van der Waals surface area contributed by atoms with E-state index in [1.165, 1.54) is 33.0 Å². The second-order valence-electron chi connectivity index (χ2n) is 12.0. The predicted molar refractivity (Wildman–Crippen MR) is 191 cm³/mol. The summed E-state index contributed by atoms with van der Waals surface area (Å²) in [7, 11) is 0. The number of furan rings is 1. The average Bonchev–Trinajstić information content (AvgIpc) is 3.68. The highest BCUT2D eigenvalue weighted by Gasteiger charge is 2.26. The third kappa shape index (κ3) is 4.05. The van der Waals surface area contributed by atoms with Crippen molar-refractivity contribution in [2.75, 3.05) is 0 Å². The van der Waals surface area contributed by atoms with Crippen molar-refractivity contribution in [1.82, 2.24) is 15.0 Å². The lowest BCUT2D eigenvalue weighted by Gasteiger charge is -2.14. The van der Waals surface area contributed by atoms with Crippen molar-refractivity contribution in [3.63, 3.8) is 0 Å². The van der Waals surface area contributed by atoms with Gasteiger partial charge >= 0.3 is 0 Å². The number of aromatic nitrogens is 3. The van der Waals surface area contributed by atoms with E-state index < -0.39 is 0 Å². The standard InChI is InChI=1S/C43H25N3O/c1-3-11-26(12-4-1)35-23-30(24-36-33-18-9-15-27-16-10-19-34(39(27)33)40(35)36)43-45-41(28-13-5-2-6-14-28)44-42(46-43)29-21-22-32-31-17-7-8-20-37(31)47-38(32)25-29/h1-25H. The van der Waals surface area contributed by atoms with Crippen LogP contribution in [-0.4, -0.2) is 15.0 Å². The molecule has 0 fully saturated rings. The van der Waals surface area contributed by atoms with Crippen molar-refractivity contribution in [2.45, 2.75) is 0 Å². The maximum absolute atomic E-state index is 6.25. The van der Waals surface area contributed by atoms with Gasteiger partial charge in [-0.15, -0.1) is 0 Å². The predicted octanol–water partition coefficient (Wildman–Crippen LogP) is 11.2. The van der Waals surface area contributed by atoms with Gasteiger partial charge in [0.1, 0.15) is 11.2 Å². The van der Waals surface area contributed by atoms with Crippen LogP contribution in [0.25, 0.3) is 100 Å². The van der Waals surface area contributed by atoms with E-state index in [4.69, 9.17) is 19.4 Å². The first-order chi connectivity index (χ1) is 23.3. The highest BCUT2D eigenvalue weighted by atomic mass is 16.3. The van der Waals surface area contributed by atoms with Crippen molar-refractivity contribution in [3.05, 3.63) is 152 Å². The molecule has 0 bridgehead atoms. The van der Waals surface area contributed by atoms with Crippen LogP contribution >= 0.6 is 0 Å². The number of hydrogen-bond donors (Lipinski definition) is 0. The molecule has 4 heteroatoms. The molecule has 0 spiro atoms. The fraction of sp³-hybridized carbons (Fsp3) is 0. The van der Waals surface area contributed by atoms with E-state index in [1.54, 1.807) is 0 Å². The molecule has 0 saturated carbocycles. The second kappa shape index (κ2) is 10.1. The van der Waals surface area contributed by atoms with Crippen LogP contribution in [0.4, 0.5) is 0 Å². The maximum Gasteiger partial charge on any atom is 0.164 e. The number of hydrogen-bond acceptors (Lipinski definition) is 4. The van der Waals surface area contributed by atoms with E-state index in [9.17, 15) is 0 Å². The zero-order valence-corrected chi connectivity index (χ0v) is 25.2. The van der Waals surface area contributed by atoms with Gasteiger partial charge in [0.25, 0.3) is 0 Å². The summed E-state index contributed by atoms with van der Waals surface area (Å²) in [6.45, 7) is 0. The first kappa shape index (κ1) is 25.9. The first-order valence-corrected chi connectivity index (χ1v) is 15.8. The molecule has 0 radical (unpaired) electrons. The van der Waals surface area contributed by atoms with Crippen LogP contribution in [0, 0.1) is 0 Å². The summed E-state index contributed by atoms with van der Waals surface area (Å²) in [4.78, 5) is 15.3. The normalized spacial score (nSPS) is 11.8. The number of rotatable bonds is 4. The van der Waals surface area contributed by atoms with Crippen molar-refractivity contribution in [3.8, 4) is 67.5 Å². The quantitative estimate of drug-likeness (QED) is 0.202. The molecule has 0 N–H and O–H groups in total. The Morgan fingerprint density at radius 2 is 0.979 bits per heavy atom. The van der Waals surface area contributed by atoms with Gasteiger partial charge in [-0.25, -0.2) is 15.0 Å². The highest BCUT2D eigenvalue weighted by molar-refractivity contribution is 6.18. The lowest BCUT2D eigenvalue weighted by Crippen LogP contribution is -2.00. The summed E-state index contributed by atoms with van der Waals surface area (Å²) >= 11 is 0. The Hall–Kier alpha value is -6.39. The summed E-state index contributed by atoms with van der Waals surface area (Å²) in [5.74, 6) is 1.85. The van der Waals surface area contributed by atoms with Crippen LogP contribution in [0.5, 0.6) is 0 Å². The van der Waals surface area contributed by atoms with Crippen molar-refractivity contribution < 1.29 is 4.42 Å². The molecule has 47 heavy (non-hydrogen) atoms. The Kier molecular flexibility index (Phi) is 5.54. The monoisotopic (exact) mass is 599 g/mol. The average molecular weight is 600 g/mol. The van der Waals surface area contributed by atoms with Gasteiger partial charge in [-0.2, -0.15) is 0 Å². The lowest BCUT2D eigenvalue weighted by atomic mass is 9.91. The zero-order chi connectivity index (χ0) is 30.9. The number of benzene rings is 7. The summed E-state index contributed by atoms with van der Waals surface area (Å²) < 4.78 is 6.25. The molecule has 0 aliphatic heterocycles. The second-order valence-corrected chi connectivity index (χ2v) is 12.0. The Morgan fingerprint density at radius 1 is 0.362 bits per heavy atom. The molecule has 0 saturated heterocycles. The van der Waals surface area contributed by atoms with Gasteiger partial charge < -0.3 is 4.42 Å². The SMILES string of the molecule is c1ccc(-c2nc(-c3cc(-c4ccccc4)c4c(c3)-c3cccc5cccc-4c35)nc(-c3ccc4c(c3)oc3ccccc34)n2)cc1. The molecule has 7 aromatic carbocycles. The summed E-state index contributed by atoms with van der Waals surface area (Å²) in [5.41, 5.74) is 11.7. The molecule has 9 aromatic rings. The molecule has 10 rings (SSSR count). The fourth-order valence-corrected chi connectivity index (χ4v) is 7.11. The van der Waals surface area contributed by atoms with Crippen molar-refractivity contribution in [1.29, 1.82) is 0 Å². The molecule has 0 amide bonds. The van der Waals surface area contributed by atoms with E-state index in [0.29, 0.717) is 17.5 Å². The lowest BCUT2D eigenvalue weighted by molar-refractivity contribution is 0.669. The van der Waals surface area contributed by atoms with Gasteiger partial charge in [0, 0.05) is 27.5 Å². The van der Waals surface area contributed by atoms with Crippen LogP contribution in [0.15, 0.2) is 156 Å². The van der Waals surface area contributed by atoms with E-state index in [2.05, 4.69) is 97.1 Å². The number of para-hydroxylation sites is 1. The van der Waals surface area contributed by atoms with Gasteiger partial charge in [-0.1, -0.05) is 121 Å². The Balaban J connectivity index is 1.23. The van der Waals surface area contributed by atoms with Crippen LogP contribution in [0.2, 0.25) is 0 Å². The third-order valence-electron chi connectivity index (χ3n) is 9.25. The number of fused-ring (bicyclic) bond motifs is 6. The van der Waals surface area contributed by atoms with Crippen molar-refractivity contribution >= 4 is 32.7 Å². The molecule has 0 unspecified atom stereocenters. The van der Waals surface area contributed by atoms with Gasteiger partial charge in [-0.05, 0) is 74.5 Å². The Bertz CT molecular complexity index is 2670. The van der Waals surface area contributed by atoms with Crippen molar-refractivity contribution in [2.24, 2.45) is 0 Å². The minimum Gasteiger partial charge on any atom is -0.456 e. The molecule has 1 aliphatic rings. The summed E-state index contributed by atoms with van der Waals surface area (Å²) in [6, 6.07) is 52.7. The highest BCUT2D eigenvalue weighted by Crippen LogP contribution is 2.52. The molecule has 218 valence electrons. The van der Waals surface area contributed by atoms with Gasteiger partial charge in [0.15, 0.2) is 17.5 Å². The maximum atomic E-state index is 6.25. The van der Waals surface area contributed by atoms with Crippen LogP contribution < -0.4 is 0 Å². The molecule has 2 heterocycles. The van der Waals surface area contributed by atoms with E-state index in [0.717, 1.165) is 49.8 Å². The topological polar surface area (TPSA) is 51.8 Å². The van der Waals surface area contributed by atoms with E-state index >= 15 is 0 Å². The third-order valence-corrected chi connectivity index (χ3v) is 9.25.